The first-order valence-electron chi connectivity index (χ1n) is 11.3. The lowest BCUT2D eigenvalue weighted by molar-refractivity contribution is -0.141. The van der Waals surface area contributed by atoms with E-state index in [-0.39, 0.29) is 18.6 Å². The number of amides is 2. The summed E-state index contributed by atoms with van der Waals surface area (Å²) in [6.07, 6.45) is 0.710. The van der Waals surface area contributed by atoms with Crippen LogP contribution in [0.15, 0.2) is 72.8 Å². The normalized spacial score (nSPS) is 12.8. The predicted octanol–water partition coefficient (Wildman–Crippen LogP) is 4.74. The minimum Gasteiger partial charge on any atom is -0.454 e. The zero-order valence-electron chi connectivity index (χ0n) is 19.0. The van der Waals surface area contributed by atoms with Crippen LogP contribution in [-0.2, 0) is 29.1 Å². The number of ether oxygens (including phenoxy) is 2. The molecule has 0 spiro atoms. The Morgan fingerprint density at radius 1 is 0.941 bits per heavy atom. The molecule has 7 heteroatoms. The summed E-state index contributed by atoms with van der Waals surface area (Å²) >= 11 is 6.03. The average molecular weight is 479 g/mol. The summed E-state index contributed by atoms with van der Waals surface area (Å²) in [5, 5.41) is 3.64. The molecule has 2 amide bonds. The first kappa shape index (κ1) is 23.6. The van der Waals surface area contributed by atoms with Gasteiger partial charge in [0.15, 0.2) is 11.5 Å². The van der Waals surface area contributed by atoms with E-state index in [1.54, 1.807) is 24.0 Å². The quantitative estimate of drug-likeness (QED) is 0.482. The van der Waals surface area contributed by atoms with Gasteiger partial charge in [-0.3, -0.25) is 9.59 Å². The molecule has 0 aromatic heterocycles. The number of nitrogens with one attached hydrogen (secondary N) is 1. The van der Waals surface area contributed by atoms with Gasteiger partial charge in [-0.05, 0) is 41.0 Å². The lowest BCUT2D eigenvalue weighted by Gasteiger charge is -2.31. The van der Waals surface area contributed by atoms with Crippen molar-refractivity contribution in [1.82, 2.24) is 10.2 Å². The molecule has 34 heavy (non-hydrogen) atoms. The third-order valence-corrected chi connectivity index (χ3v) is 6.00. The molecule has 0 radical (unpaired) electrons. The molecule has 1 N–H and O–H groups in total. The molecule has 0 fully saturated rings. The average Bonchev–Trinajstić information content (AvgIpc) is 3.34. The van der Waals surface area contributed by atoms with Crippen LogP contribution in [0.4, 0.5) is 0 Å². The van der Waals surface area contributed by atoms with E-state index in [9.17, 15) is 9.59 Å². The van der Waals surface area contributed by atoms with Crippen LogP contribution in [-0.4, -0.2) is 29.5 Å². The Morgan fingerprint density at radius 3 is 2.38 bits per heavy atom. The van der Waals surface area contributed by atoms with Gasteiger partial charge in [0.05, 0.1) is 0 Å². The number of fused-ring (bicyclic) bond motifs is 1. The number of rotatable bonds is 9. The number of hydrogen-bond acceptors (Lipinski definition) is 4. The molecule has 0 saturated carbocycles. The van der Waals surface area contributed by atoms with E-state index in [0.29, 0.717) is 42.5 Å². The van der Waals surface area contributed by atoms with Crippen molar-refractivity contribution in [2.45, 2.75) is 38.9 Å². The number of halogens is 1. The minimum absolute atomic E-state index is 0.0888. The molecular weight excluding hydrogens is 452 g/mol. The van der Waals surface area contributed by atoms with Crippen molar-refractivity contribution in [1.29, 1.82) is 0 Å². The molecule has 0 bridgehead atoms. The standard InChI is InChI=1S/C27H27ClN2O4/c1-2-26(31)30(17-20-8-11-22(28)12-9-20)23(14-19-6-4-3-5-7-19)27(32)29-16-21-10-13-24-25(15-21)34-18-33-24/h3-13,15,23H,2,14,16-18H2,1H3,(H,29,32)/t23-/m0/s1. The topological polar surface area (TPSA) is 67.9 Å². The molecule has 1 aliphatic heterocycles. The molecule has 3 aromatic carbocycles. The third-order valence-electron chi connectivity index (χ3n) is 5.74. The Balaban J connectivity index is 1.56. The zero-order valence-corrected chi connectivity index (χ0v) is 19.8. The molecule has 0 aliphatic carbocycles. The highest BCUT2D eigenvalue weighted by Gasteiger charge is 2.29. The van der Waals surface area contributed by atoms with Crippen molar-refractivity contribution >= 4 is 23.4 Å². The molecule has 176 valence electrons. The largest absolute Gasteiger partial charge is 0.454 e. The number of nitrogens with zero attached hydrogens (tertiary/aromatic N) is 1. The molecule has 1 atom stereocenters. The van der Waals surface area contributed by atoms with Crippen LogP contribution in [0.1, 0.15) is 30.0 Å². The number of benzene rings is 3. The van der Waals surface area contributed by atoms with Gasteiger partial charge in [0.2, 0.25) is 18.6 Å². The molecule has 0 saturated heterocycles. The van der Waals surface area contributed by atoms with Gasteiger partial charge in [-0.15, -0.1) is 0 Å². The molecule has 0 unspecified atom stereocenters. The second-order valence-corrected chi connectivity index (χ2v) is 8.55. The molecule has 4 rings (SSSR count). The SMILES string of the molecule is CCC(=O)N(Cc1ccc(Cl)cc1)[C@@H](Cc1ccccc1)C(=O)NCc1ccc2c(c1)OCO2. The molecule has 1 heterocycles. The first-order valence-corrected chi connectivity index (χ1v) is 11.7. The smallest absolute Gasteiger partial charge is 0.243 e. The van der Waals surface area contributed by atoms with E-state index in [4.69, 9.17) is 21.1 Å². The van der Waals surface area contributed by atoms with Gasteiger partial charge >= 0.3 is 0 Å². The van der Waals surface area contributed by atoms with Crippen LogP contribution in [0, 0.1) is 0 Å². The lowest BCUT2D eigenvalue weighted by atomic mass is 10.0. The minimum atomic E-state index is -0.667. The summed E-state index contributed by atoms with van der Waals surface area (Å²) in [4.78, 5) is 28.1. The summed E-state index contributed by atoms with van der Waals surface area (Å²) in [7, 11) is 0. The maximum absolute atomic E-state index is 13.5. The molecule has 1 aliphatic rings. The zero-order chi connectivity index (χ0) is 23.9. The van der Waals surface area contributed by atoms with Crippen LogP contribution < -0.4 is 14.8 Å². The Bertz CT molecular complexity index is 1140. The summed E-state index contributed by atoms with van der Waals surface area (Å²) in [6, 6.07) is 22.0. The van der Waals surface area contributed by atoms with Crippen molar-refractivity contribution in [3.05, 3.63) is 94.5 Å². The highest BCUT2D eigenvalue weighted by Crippen LogP contribution is 2.32. The summed E-state index contributed by atoms with van der Waals surface area (Å²) in [6.45, 7) is 2.64. The highest BCUT2D eigenvalue weighted by molar-refractivity contribution is 6.30. The van der Waals surface area contributed by atoms with Crippen molar-refractivity contribution < 1.29 is 19.1 Å². The summed E-state index contributed by atoms with van der Waals surface area (Å²) in [5.74, 6) is 1.06. The van der Waals surface area contributed by atoms with Crippen LogP contribution in [0.5, 0.6) is 11.5 Å². The van der Waals surface area contributed by atoms with E-state index in [2.05, 4.69) is 5.32 Å². The number of hydrogen-bond donors (Lipinski definition) is 1. The van der Waals surface area contributed by atoms with E-state index in [0.717, 1.165) is 16.7 Å². The van der Waals surface area contributed by atoms with Gasteiger partial charge in [0.25, 0.3) is 0 Å². The van der Waals surface area contributed by atoms with Crippen molar-refractivity contribution in [3.63, 3.8) is 0 Å². The highest BCUT2D eigenvalue weighted by atomic mass is 35.5. The van der Waals surface area contributed by atoms with Gasteiger partial charge in [0, 0.05) is 31.0 Å². The molecular formula is C27H27ClN2O4. The van der Waals surface area contributed by atoms with Crippen LogP contribution in [0.2, 0.25) is 5.02 Å². The summed E-state index contributed by atoms with van der Waals surface area (Å²) < 4.78 is 10.8. The van der Waals surface area contributed by atoms with E-state index < -0.39 is 6.04 Å². The fourth-order valence-electron chi connectivity index (χ4n) is 3.90. The Kier molecular flexibility index (Phi) is 7.70. The summed E-state index contributed by atoms with van der Waals surface area (Å²) in [5.41, 5.74) is 2.78. The second kappa shape index (κ2) is 11.1. The number of carbonyl (C=O) groups is 2. The lowest BCUT2D eigenvalue weighted by Crippen LogP contribution is -2.50. The van der Waals surface area contributed by atoms with Crippen LogP contribution >= 0.6 is 11.6 Å². The molecule has 6 nitrogen and oxygen atoms in total. The van der Waals surface area contributed by atoms with E-state index >= 15 is 0 Å². The van der Waals surface area contributed by atoms with Crippen molar-refractivity contribution in [2.75, 3.05) is 6.79 Å². The van der Waals surface area contributed by atoms with Crippen molar-refractivity contribution in [3.8, 4) is 11.5 Å². The van der Waals surface area contributed by atoms with Crippen LogP contribution in [0.25, 0.3) is 0 Å². The number of carbonyl (C=O) groups excluding carboxylic acids is 2. The third kappa shape index (κ3) is 5.88. The monoisotopic (exact) mass is 478 g/mol. The Morgan fingerprint density at radius 2 is 1.65 bits per heavy atom. The van der Waals surface area contributed by atoms with Crippen LogP contribution in [0.3, 0.4) is 0 Å². The van der Waals surface area contributed by atoms with Crippen molar-refractivity contribution in [2.24, 2.45) is 0 Å². The second-order valence-electron chi connectivity index (χ2n) is 8.11. The van der Waals surface area contributed by atoms with Gasteiger partial charge in [-0.1, -0.05) is 67.1 Å². The maximum Gasteiger partial charge on any atom is 0.243 e. The Hall–Kier alpha value is -3.51. The molecule has 3 aromatic rings. The van der Waals surface area contributed by atoms with E-state index in [1.165, 1.54) is 0 Å². The van der Waals surface area contributed by atoms with Gasteiger partial charge in [0.1, 0.15) is 6.04 Å². The fraction of sp³-hybridized carbons (Fsp3) is 0.259. The fourth-order valence-corrected chi connectivity index (χ4v) is 4.03. The first-order chi connectivity index (χ1) is 16.5. The predicted molar refractivity (Wildman–Crippen MR) is 131 cm³/mol. The Labute approximate surface area is 204 Å². The van der Waals surface area contributed by atoms with E-state index in [1.807, 2.05) is 60.7 Å². The maximum atomic E-state index is 13.5. The van der Waals surface area contributed by atoms with Gasteiger partial charge < -0.3 is 19.7 Å². The van der Waals surface area contributed by atoms with Gasteiger partial charge in [-0.25, -0.2) is 0 Å². The van der Waals surface area contributed by atoms with Gasteiger partial charge in [-0.2, -0.15) is 0 Å².